The molecule has 11 atom stereocenters. The van der Waals surface area contributed by atoms with Crippen LogP contribution in [-0.4, -0.2) is 180 Å². The van der Waals surface area contributed by atoms with Gasteiger partial charge >= 0.3 is 29.8 Å². The van der Waals surface area contributed by atoms with Gasteiger partial charge in [-0.05, 0) is 42.2 Å². The summed E-state index contributed by atoms with van der Waals surface area (Å²) in [5.41, 5.74) is 12.3. The van der Waals surface area contributed by atoms with Gasteiger partial charge in [-0.25, -0.2) is 4.79 Å². The van der Waals surface area contributed by atoms with Crippen LogP contribution in [0.25, 0.3) is 10.9 Å². The summed E-state index contributed by atoms with van der Waals surface area (Å²) in [4.78, 5) is 196. The van der Waals surface area contributed by atoms with Crippen LogP contribution in [0.1, 0.15) is 105 Å². The highest BCUT2D eigenvalue weighted by Gasteiger charge is 2.37. The first-order valence-electron chi connectivity index (χ1n) is 26.7. The maximum absolute atomic E-state index is 14.1. The van der Waals surface area contributed by atoms with Crippen molar-refractivity contribution in [1.82, 2.24) is 52.8 Å². The number of nitrogens with one attached hydrogen (secondary N) is 10. The topological polar surface area (TPSA) is 533 Å². The van der Waals surface area contributed by atoms with Crippen LogP contribution < -0.4 is 59.3 Å². The molecule has 32 nitrogen and oxygen atoms in total. The van der Waals surface area contributed by atoms with Crippen molar-refractivity contribution < 1.29 is 97.5 Å². The zero-order valence-electron chi connectivity index (χ0n) is 47.1. The smallest absolute Gasteiger partial charge is 0.326 e. The van der Waals surface area contributed by atoms with Crippen molar-refractivity contribution in [3.8, 4) is 0 Å². The first-order valence-corrected chi connectivity index (χ1v) is 26.7. The Morgan fingerprint density at radius 1 is 0.500 bits per heavy atom. The molecule has 0 saturated carbocycles. The average molecular weight is 1190 g/mol. The number of fused-ring (bicyclic) bond motifs is 1. The Hall–Kier alpha value is -9.23. The predicted octanol–water partition coefficient (Wildman–Crippen LogP) is -3.58. The van der Waals surface area contributed by atoms with Gasteiger partial charge in [0.05, 0.1) is 31.8 Å². The molecule has 19 N–H and O–H groups in total. The summed E-state index contributed by atoms with van der Waals surface area (Å²) < 4.78 is 0. The minimum absolute atomic E-state index is 0.200. The number of hydrogen-bond acceptors (Lipinski definition) is 16. The zero-order chi connectivity index (χ0) is 63.7. The maximum atomic E-state index is 14.1. The number of rotatable bonds is 38. The number of primary amides is 1. The van der Waals surface area contributed by atoms with Crippen molar-refractivity contribution in [2.24, 2.45) is 29.2 Å². The number of aromatic nitrogens is 1. The third kappa shape index (κ3) is 23.7. The van der Waals surface area contributed by atoms with Crippen LogP contribution in [0.5, 0.6) is 0 Å². The summed E-state index contributed by atoms with van der Waals surface area (Å²) in [5.74, 6) is -20.9. The number of para-hydroxylation sites is 1. The van der Waals surface area contributed by atoms with Crippen molar-refractivity contribution in [3.63, 3.8) is 0 Å². The molecule has 464 valence electrons. The Bertz CT molecular complexity index is 2750. The highest BCUT2D eigenvalue weighted by molar-refractivity contribution is 6.00. The van der Waals surface area contributed by atoms with Crippen LogP contribution in [0.2, 0.25) is 0 Å². The van der Waals surface area contributed by atoms with Crippen LogP contribution in [0.3, 0.4) is 0 Å². The van der Waals surface area contributed by atoms with E-state index in [1.165, 1.54) is 27.0 Å². The summed E-state index contributed by atoms with van der Waals surface area (Å²) in [7, 11) is 0. The Balaban J connectivity index is 2.37. The highest BCUT2D eigenvalue weighted by Crippen LogP contribution is 2.20. The Labute approximate surface area is 480 Å². The van der Waals surface area contributed by atoms with E-state index in [2.05, 4.69) is 52.8 Å². The van der Waals surface area contributed by atoms with Crippen LogP contribution in [0.4, 0.5) is 0 Å². The molecule has 32 heteroatoms. The van der Waals surface area contributed by atoms with Crippen molar-refractivity contribution in [2.45, 2.75) is 160 Å². The molecule has 84 heavy (non-hydrogen) atoms. The summed E-state index contributed by atoms with van der Waals surface area (Å²) in [6.45, 7) is 8.49. The Morgan fingerprint density at radius 3 is 1.48 bits per heavy atom. The number of aliphatic carboxylic acids is 5. The van der Waals surface area contributed by atoms with E-state index >= 15 is 0 Å². The number of amides is 10. The SMILES string of the molecule is CC[C@H](C)[C@H](N)C(=O)N[C@@H](CC(=O)O)C(=O)N[C@@H](CCC(=O)O)C(=O)NCC(=O)N[C@H](C(=O)N[C@@H](CCC(N)=O)C(=O)N[C@H](C(=O)N[C@@H](CC(=O)O)C(=O)N[C@@H](Cc1c[nH]c2ccccc12)C(=O)N[C@@H](CC(=O)O)C(=O)O)C(C)C)[C@@H](C)CC. The molecular weight excluding hydrogens is 1110 g/mol. The number of H-pyrrole nitrogens is 1. The fourth-order valence-electron chi connectivity index (χ4n) is 8.09. The van der Waals surface area contributed by atoms with E-state index in [-0.39, 0.29) is 18.8 Å². The van der Waals surface area contributed by atoms with E-state index in [1.54, 1.807) is 45.0 Å². The summed E-state index contributed by atoms with van der Waals surface area (Å²) >= 11 is 0. The van der Waals surface area contributed by atoms with Crippen LogP contribution in [0, 0.1) is 17.8 Å². The van der Waals surface area contributed by atoms with E-state index in [9.17, 15) is 97.5 Å². The number of nitrogens with two attached hydrogens (primary N) is 2. The number of carbonyl (C=O) groups is 15. The summed E-state index contributed by atoms with van der Waals surface area (Å²) in [6.07, 6.45) is -3.70. The number of carboxylic acid groups (broad SMARTS) is 5. The lowest BCUT2D eigenvalue weighted by Gasteiger charge is -2.29. The standard InChI is InChI=1S/C52H76N12O20/c1-7-24(5)41(54)49(80)60-32(18-38(69)70)47(78)57-29(14-16-37(67)68)44(75)56-22-36(66)63-43(25(6)8-2)51(82)58-30(13-15-35(53)65)45(76)64-42(23(3)4)50(81)61-33(19-39(71)72)48(79)59-31(46(77)62-34(52(83)84)20-40(73)74)17-26-21-55-28-12-10-9-11-27(26)28/h9-12,21,23-25,29-34,41-43,55H,7-8,13-20,22,54H2,1-6H3,(H2,53,65)(H,56,75)(H,57,78)(H,58,82)(H,59,79)(H,60,80)(H,61,81)(H,62,77)(H,63,66)(H,64,76)(H,67,68)(H,69,70)(H,71,72)(H,73,74)(H,83,84)/t24-,25-,29-,30-,31-,32-,33-,34-,41-,42-,43-/m0/s1. The first kappa shape index (κ1) is 70.9. The van der Waals surface area contributed by atoms with E-state index in [4.69, 9.17) is 11.5 Å². The molecule has 2 rings (SSSR count). The molecule has 10 amide bonds. The quantitative estimate of drug-likeness (QED) is 0.0309. The Morgan fingerprint density at radius 2 is 0.952 bits per heavy atom. The number of aromatic amines is 1. The molecular formula is C52H76N12O20. The molecule has 0 bridgehead atoms. The van der Waals surface area contributed by atoms with Gasteiger partial charge in [0.25, 0.3) is 0 Å². The van der Waals surface area contributed by atoms with Gasteiger partial charge in [0.1, 0.15) is 48.3 Å². The predicted molar refractivity (Wildman–Crippen MR) is 292 cm³/mol. The molecule has 0 aliphatic carbocycles. The number of benzene rings is 1. The third-order valence-corrected chi connectivity index (χ3v) is 13.4. The van der Waals surface area contributed by atoms with Crippen LogP contribution in [-0.2, 0) is 78.3 Å². The fourth-order valence-corrected chi connectivity index (χ4v) is 8.09. The molecule has 0 aliphatic heterocycles. The number of carbonyl (C=O) groups excluding carboxylic acids is 10. The molecule has 0 saturated heterocycles. The second-order valence-corrected chi connectivity index (χ2v) is 20.3. The molecule has 0 fully saturated rings. The summed E-state index contributed by atoms with van der Waals surface area (Å²) in [5, 5.41) is 68.6. The minimum atomic E-state index is -2.00. The molecule has 1 aromatic carbocycles. The number of hydrogen-bond donors (Lipinski definition) is 17. The molecule has 1 heterocycles. The highest BCUT2D eigenvalue weighted by atomic mass is 16.4. The Kier molecular flexibility index (Phi) is 28.9. The molecule has 1 aromatic heterocycles. The van der Waals surface area contributed by atoms with Gasteiger partial charge in [-0.15, -0.1) is 0 Å². The van der Waals surface area contributed by atoms with E-state index < -0.39 is 207 Å². The van der Waals surface area contributed by atoms with Gasteiger partial charge in [0, 0.05) is 36.4 Å². The van der Waals surface area contributed by atoms with E-state index in [0.717, 1.165) is 0 Å². The van der Waals surface area contributed by atoms with Gasteiger partial charge < -0.3 is 89.8 Å². The normalized spacial score (nSPS) is 15.0. The zero-order valence-corrected chi connectivity index (χ0v) is 47.1. The second-order valence-electron chi connectivity index (χ2n) is 20.3. The number of carboxylic acids is 5. The van der Waals surface area contributed by atoms with Crippen molar-refractivity contribution >= 4 is 99.8 Å². The van der Waals surface area contributed by atoms with Crippen molar-refractivity contribution in [2.75, 3.05) is 6.54 Å². The van der Waals surface area contributed by atoms with Crippen LogP contribution in [0.15, 0.2) is 30.5 Å². The molecule has 0 radical (unpaired) electrons. The second kappa shape index (κ2) is 34.3. The van der Waals surface area contributed by atoms with Gasteiger partial charge in [0.15, 0.2) is 0 Å². The van der Waals surface area contributed by atoms with Gasteiger partial charge in [-0.1, -0.05) is 72.6 Å². The monoisotopic (exact) mass is 1190 g/mol. The molecule has 2 aromatic rings. The largest absolute Gasteiger partial charge is 0.481 e. The lowest BCUT2D eigenvalue weighted by atomic mass is 9.97. The molecule has 0 spiro atoms. The minimum Gasteiger partial charge on any atom is -0.481 e. The molecule has 0 aliphatic rings. The van der Waals surface area contributed by atoms with E-state index in [0.29, 0.717) is 22.9 Å². The fraction of sp³-hybridized carbons (Fsp3) is 0.558. The van der Waals surface area contributed by atoms with Gasteiger partial charge in [0.2, 0.25) is 59.1 Å². The van der Waals surface area contributed by atoms with Crippen molar-refractivity contribution in [3.05, 3.63) is 36.0 Å². The van der Waals surface area contributed by atoms with Crippen molar-refractivity contribution in [1.29, 1.82) is 0 Å². The van der Waals surface area contributed by atoms with E-state index in [1.807, 2.05) is 0 Å². The first-order chi connectivity index (χ1) is 39.3. The summed E-state index contributed by atoms with van der Waals surface area (Å²) in [6, 6.07) is -8.44. The van der Waals surface area contributed by atoms with Crippen LogP contribution >= 0.6 is 0 Å². The average Bonchev–Trinajstić information content (AvgIpc) is 3.84. The van der Waals surface area contributed by atoms with Gasteiger partial charge in [-0.3, -0.25) is 67.1 Å². The lowest BCUT2D eigenvalue weighted by molar-refractivity contribution is -0.147. The van der Waals surface area contributed by atoms with Gasteiger partial charge in [-0.2, -0.15) is 0 Å². The maximum Gasteiger partial charge on any atom is 0.326 e. The molecule has 0 unspecified atom stereocenters. The third-order valence-electron chi connectivity index (χ3n) is 13.4. The lowest BCUT2D eigenvalue weighted by Crippen LogP contribution is -2.61.